The van der Waals surface area contributed by atoms with Crippen molar-refractivity contribution in [3.63, 3.8) is 0 Å². The highest BCUT2D eigenvalue weighted by Gasteiger charge is 2.12. The van der Waals surface area contributed by atoms with E-state index in [1.165, 1.54) is 5.56 Å². The summed E-state index contributed by atoms with van der Waals surface area (Å²) in [6.07, 6.45) is 1.85. The van der Waals surface area contributed by atoms with Crippen molar-refractivity contribution >= 4 is 43.8 Å². The SMILES string of the molecule is CCOc1cc(C=Nc2ccc(C)cc2C)cc(Br)c1OCc1ccc(Br)cc1. The summed E-state index contributed by atoms with van der Waals surface area (Å²) in [5, 5.41) is 0. The number of nitrogens with zero attached hydrogens (tertiary/aromatic N) is 1. The van der Waals surface area contributed by atoms with Crippen LogP contribution >= 0.6 is 31.9 Å². The summed E-state index contributed by atoms with van der Waals surface area (Å²) in [4.78, 5) is 4.64. The lowest BCUT2D eigenvalue weighted by Gasteiger charge is -2.15. The molecule has 150 valence electrons. The Morgan fingerprint density at radius 3 is 2.38 bits per heavy atom. The van der Waals surface area contributed by atoms with Gasteiger partial charge in [-0.1, -0.05) is 45.8 Å². The third-order valence-electron chi connectivity index (χ3n) is 4.33. The molecule has 0 fully saturated rings. The van der Waals surface area contributed by atoms with E-state index in [9.17, 15) is 0 Å². The molecule has 0 amide bonds. The Hall–Kier alpha value is -2.11. The van der Waals surface area contributed by atoms with Gasteiger partial charge in [0.05, 0.1) is 16.8 Å². The highest BCUT2D eigenvalue weighted by atomic mass is 79.9. The maximum absolute atomic E-state index is 6.06. The summed E-state index contributed by atoms with van der Waals surface area (Å²) in [7, 11) is 0. The van der Waals surface area contributed by atoms with Crippen LogP contribution in [0.5, 0.6) is 11.5 Å². The molecule has 3 aromatic rings. The largest absolute Gasteiger partial charge is 0.490 e. The number of hydrogen-bond acceptors (Lipinski definition) is 3. The van der Waals surface area contributed by atoms with Crippen LogP contribution in [0.3, 0.4) is 0 Å². The minimum absolute atomic E-state index is 0.460. The maximum Gasteiger partial charge on any atom is 0.175 e. The molecule has 3 rings (SSSR count). The second kappa shape index (κ2) is 10.1. The maximum atomic E-state index is 6.06. The smallest absolute Gasteiger partial charge is 0.175 e. The van der Waals surface area contributed by atoms with Gasteiger partial charge >= 0.3 is 0 Å². The van der Waals surface area contributed by atoms with Crippen LogP contribution in [0.4, 0.5) is 5.69 Å². The second-order valence-corrected chi connectivity index (χ2v) is 8.50. The number of benzene rings is 3. The predicted octanol–water partition coefficient (Wildman–Crippen LogP) is 7.56. The topological polar surface area (TPSA) is 30.8 Å². The number of rotatable bonds is 7. The first-order chi connectivity index (χ1) is 14.0. The highest BCUT2D eigenvalue weighted by molar-refractivity contribution is 9.10. The van der Waals surface area contributed by atoms with Gasteiger partial charge in [-0.25, -0.2) is 0 Å². The third kappa shape index (κ3) is 5.94. The van der Waals surface area contributed by atoms with E-state index in [0.29, 0.717) is 24.7 Å². The fourth-order valence-corrected chi connectivity index (χ4v) is 3.73. The van der Waals surface area contributed by atoms with Gasteiger partial charge in [-0.3, -0.25) is 4.99 Å². The zero-order valence-electron chi connectivity index (χ0n) is 16.7. The predicted molar refractivity (Wildman–Crippen MR) is 127 cm³/mol. The molecule has 0 aliphatic rings. The van der Waals surface area contributed by atoms with Crippen LogP contribution in [0.25, 0.3) is 0 Å². The Kier molecular flexibility index (Phi) is 7.51. The van der Waals surface area contributed by atoms with Gasteiger partial charge in [0, 0.05) is 10.7 Å². The van der Waals surface area contributed by atoms with Crippen LogP contribution in [0, 0.1) is 13.8 Å². The van der Waals surface area contributed by atoms with Gasteiger partial charge in [0.25, 0.3) is 0 Å². The van der Waals surface area contributed by atoms with Gasteiger partial charge in [-0.15, -0.1) is 0 Å². The Morgan fingerprint density at radius 1 is 0.931 bits per heavy atom. The van der Waals surface area contributed by atoms with E-state index in [2.05, 4.69) is 62.8 Å². The summed E-state index contributed by atoms with van der Waals surface area (Å²) in [5.74, 6) is 1.39. The molecule has 0 saturated carbocycles. The van der Waals surface area contributed by atoms with E-state index < -0.39 is 0 Å². The molecule has 0 heterocycles. The Labute approximate surface area is 189 Å². The molecule has 0 atom stereocenters. The molecular weight excluding hydrogens is 494 g/mol. The van der Waals surface area contributed by atoms with Crippen molar-refractivity contribution in [3.8, 4) is 11.5 Å². The van der Waals surface area contributed by atoms with Crippen LogP contribution < -0.4 is 9.47 Å². The second-order valence-electron chi connectivity index (χ2n) is 6.73. The fraction of sp³-hybridized carbons (Fsp3) is 0.208. The van der Waals surface area contributed by atoms with Gasteiger partial charge in [0.15, 0.2) is 11.5 Å². The number of aryl methyl sites for hydroxylation is 2. The van der Waals surface area contributed by atoms with Crippen LogP contribution in [0.1, 0.15) is 29.2 Å². The monoisotopic (exact) mass is 515 g/mol. The van der Waals surface area contributed by atoms with Crippen molar-refractivity contribution in [3.05, 3.63) is 85.8 Å². The van der Waals surface area contributed by atoms with Gasteiger partial charge in [-0.2, -0.15) is 0 Å². The molecule has 0 spiro atoms. The van der Waals surface area contributed by atoms with Crippen molar-refractivity contribution in [2.24, 2.45) is 4.99 Å². The average molecular weight is 517 g/mol. The summed E-state index contributed by atoms with van der Waals surface area (Å²) in [5.41, 5.74) is 5.37. The van der Waals surface area contributed by atoms with E-state index in [-0.39, 0.29) is 0 Å². The first-order valence-electron chi connectivity index (χ1n) is 9.41. The Balaban J connectivity index is 1.83. The van der Waals surface area contributed by atoms with Crippen molar-refractivity contribution in [1.82, 2.24) is 0 Å². The highest BCUT2D eigenvalue weighted by Crippen LogP contribution is 2.37. The number of hydrogen-bond donors (Lipinski definition) is 0. The van der Waals surface area contributed by atoms with E-state index >= 15 is 0 Å². The van der Waals surface area contributed by atoms with Crippen LogP contribution in [-0.4, -0.2) is 12.8 Å². The van der Waals surface area contributed by atoms with Crippen LogP contribution in [-0.2, 0) is 6.61 Å². The van der Waals surface area contributed by atoms with Crippen molar-refractivity contribution < 1.29 is 9.47 Å². The molecule has 0 aliphatic carbocycles. The van der Waals surface area contributed by atoms with Crippen molar-refractivity contribution in [2.75, 3.05) is 6.61 Å². The van der Waals surface area contributed by atoms with Crippen molar-refractivity contribution in [2.45, 2.75) is 27.4 Å². The summed E-state index contributed by atoms with van der Waals surface area (Å²) in [6.45, 7) is 7.13. The minimum Gasteiger partial charge on any atom is -0.490 e. The quantitative estimate of drug-likeness (QED) is 0.303. The molecule has 3 nitrogen and oxygen atoms in total. The zero-order chi connectivity index (χ0) is 20.8. The molecule has 0 unspecified atom stereocenters. The summed E-state index contributed by atoms with van der Waals surface area (Å²) < 4.78 is 13.8. The van der Waals surface area contributed by atoms with Crippen LogP contribution in [0.15, 0.2) is 68.5 Å². The van der Waals surface area contributed by atoms with Crippen molar-refractivity contribution in [1.29, 1.82) is 0 Å². The molecule has 29 heavy (non-hydrogen) atoms. The molecule has 0 aromatic heterocycles. The van der Waals surface area contributed by atoms with Gasteiger partial charge in [-0.05, 0) is 83.7 Å². The Bertz CT molecular complexity index is 1010. The molecule has 0 aliphatic heterocycles. The number of aliphatic imine (C=N–C) groups is 1. The molecule has 5 heteroatoms. The van der Waals surface area contributed by atoms with Gasteiger partial charge in [0.1, 0.15) is 6.61 Å². The normalized spacial score (nSPS) is 11.1. The van der Waals surface area contributed by atoms with Gasteiger partial charge < -0.3 is 9.47 Å². The summed E-state index contributed by atoms with van der Waals surface area (Å²) >= 11 is 7.08. The number of ether oxygens (including phenoxy) is 2. The number of halogens is 2. The van der Waals surface area contributed by atoms with E-state index in [1.807, 2.05) is 55.6 Å². The lowest BCUT2D eigenvalue weighted by Crippen LogP contribution is -2.01. The van der Waals surface area contributed by atoms with E-state index in [1.54, 1.807) is 0 Å². The van der Waals surface area contributed by atoms with E-state index in [4.69, 9.17) is 9.47 Å². The van der Waals surface area contributed by atoms with Gasteiger partial charge in [0.2, 0.25) is 0 Å². The fourth-order valence-electron chi connectivity index (χ4n) is 2.90. The zero-order valence-corrected chi connectivity index (χ0v) is 19.9. The lowest BCUT2D eigenvalue weighted by molar-refractivity contribution is 0.267. The Morgan fingerprint density at radius 2 is 1.69 bits per heavy atom. The first kappa shape index (κ1) is 21.6. The molecule has 0 bridgehead atoms. The molecular formula is C24H23Br2NO2. The average Bonchev–Trinajstić information content (AvgIpc) is 2.68. The molecule has 0 radical (unpaired) electrons. The third-order valence-corrected chi connectivity index (χ3v) is 5.45. The first-order valence-corrected chi connectivity index (χ1v) is 11.0. The minimum atomic E-state index is 0.460. The molecule has 0 saturated heterocycles. The lowest BCUT2D eigenvalue weighted by atomic mass is 10.1. The standard InChI is InChI=1S/C24H23Br2NO2/c1-4-28-23-13-19(14-27-22-10-5-16(2)11-17(22)3)12-21(26)24(23)29-15-18-6-8-20(25)9-7-18/h5-14H,4,15H2,1-3H3. The summed E-state index contributed by atoms with van der Waals surface area (Å²) in [6, 6.07) is 18.3. The van der Waals surface area contributed by atoms with Crippen LogP contribution in [0.2, 0.25) is 0 Å². The molecule has 3 aromatic carbocycles. The van der Waals surface area contributed by atoms with E-state index in [0.717, 1.165) is 31.3 Å². The molecule has 0 N–H and O–H groups in total.